The maximum absolute atomic E-state index is 13.2. The summed E-state index contributed by atoms with van der Waals surface area (Å²) in [7, 11) is 1.57. The van der Waals surface area contributed by atoms with E-state index >= 15 is 0 Å². The summed E-state index contributed by atoms with van der Waals surface area (Å²) in [6, 6.07) is 15.4. The van der Waals surface area contributed by atoms with E-state index in [2.05, 4.69) is 20.3 Å². The molecule has 4 aromatic rings. The Morgan fingerprint density at radius 1 is 1.07 bits per heavy atom. The van der Waals surface area contributed by atoms with Crippen molar-refractivity contribution in [3.8, 4) is 11.4 Å². The van der Waals surface area contributed by atoms with E-state index in [9.17, 15) is 9.59 Å². The zero-order valence-corrected chi connectivity index (χ0v) is 15.5. The van der Waals surface area contributed by atoms with Crippen molar-refractivity contribution < 1.29 is 4.74 Å². The zero-order valence-electron chi connectivity index (χ0n) is 14.7. The van der Waals surface area contributed by atoms with Gasteiger partial charge in [-0.3, -0.25) is 14.6 Å². The molecule has 140 valence electrons. The van der Waals surface area contributed by atoms with Crippen LogP contribution in [0.4, 0.5) is 11.8 Å². The lowest BCUT2D eigenvalue weighted by Gasteiger charge is -2.15. The second kappa shape index (κ2) is 7.12. The number of H-pyrrole nitrogens is 2. The third kappa shape index (κ3) is 3.30. The van der Waals surface area contributed by atoms with Crippen LogP contribution in [0.15, 0.2) is 64.2 Å². The minimum atomic E-state index is -0.370. The number of para-hydroxylation sites is 1. The molecule has 0 aliphatic rings. The third-order valence-electron chi connectivity index (χ3n) is 4.11. The Hall–Kier alpha value is -3.72. The van der Waals surface area contributed by atoms with Crippen LogP contribution in [0.3, 0.4) is 0 Å². The Balaban J connectivity index is 1.96. The van der Waals surface area contributed by atoms with E-state index in [1.54, 1.807) is 55.6 Å². The zero-order chi connectivity index (χ0) is 19.7. The van der Waals surface area contributed by atoms with Gasteiger partial charge in [0, 0.05) is 6.07 Å². The molecule has 0 unspecified atom stereocenters. The quantitative estimate of drug-likeness (QED) is 0.461. The van der Waals surface area contributed by atoms with Crippen LogP contribution in [-0.4, -0.2) is 26.6 Å². The van der Waals surface area contributed by atoms with Gasteiger partial charge in [0.25, 0.3) is 11.1 Å². The number of aromatic nitrogens is 4. The van der Waals surface area contributed by atoms with Crippen LogP contribution >= 0.6 is 12.2 Å². The van der Waals surface area contributed by atoms with Gasteiger partial charge in [0.2, 0.25) is 5.95 Å². The van der Waals surface area contributed by atoms with Crippen molar-refractivity contribution in [2.45, 2.75) is 0 Å². The lowest BCUT2D eigenvalue weighted by molar-refractivity contribution is 0.414. The molecule has 0 aliphatic carbocycles. The Morgan fingerprint density at radius 3 is 2.54 bits per heavy atom. The standard InChI is InChI=1S/C19H15N5O3S/c1-27-12-8-6-11(7-9-12)24-17(26)13-4-2-3-5-14(13)20-18(24)21-15-10-16(25)23-19(28)22-15/h2-10H,1H3,(H3,20,21,22,23,25,28). The van der Waals surface area contributed by atoms with E-state index in [0.717, 1.165) is 0 Å². The molecule has 0 aliphatic heterocycles. The van der Waals surface area contributed by atoms with Crippen LogP contribution in [-0.2, 0) is 0 Å². The van der Waals surface area contributed by atoms with E-state index < -0.39 is 0 Å². The number of methoxy groups -OCH3 is 1. The lowest BCUT2D eigenvalue weighted by atomic mass is 10.2. The topological polar surface area (TPSA) is 105 Å². The average molecular weight is 393 g/mol. The number of hydrogen-bond acceptors (Lipinski definition) is 6. The Kier molecular flexibility index (Phi) is 4.50. The summed E-state index contributed by atoms with van der Waals surface area (Å²) >= 11 is 5.01. The van der Waals surface area contributed by atoms with Gasteiger partial charge in [-0.1, -0.05) is 12.1 Å². The van der Waals surface area contributed by atoms with Gasteiger partial charge in [-0.15, -0.1) is 0 Å². The maximum atomic E-state index is 13.2. The van der Waals surface area contributed by atoms with Crippen LogP contribution in [0.5, 0.6) is 5.75 Å². The minimum absolute atomic E-state index is 0.161. The summed E-state index contributed by atoms with van der Waals surface area (Å²) in [4.78, 5) is 34.8. The monoisotopic (exact) mass is 393 g/mol. The first-order valence-corrected chi connectivity index (χ1v) is 8.73. The van der Waals surface area contributed by atoms with Crippen LogP contribution in [0.1, 0.15) is 0 Å². The molecule has 0 atom stereocenters. The van der Waals surface area contributed by atoms with Crippen LogP contribution in [0.2, 0.25) is 0 Å². The van der Waals surface area contributed by atoms with Crippen molar-refractivity contribution in [2.75, 3.05) is 12.4 Å². The summed E-state index contributed by atoms with van der Waals surface area (Å²) in [6.07, 6.45) is 0. The summed E-state index contributed by atoms with van der Waals surface area (Å²) in [5.41, 5.74) is 0.505. The van der Waals surface area contributed by atoms with E-state index in [0.29, 0.717) is 28.2 Å². The van der Waals surface area contributed by atoms with E-state index in [4.69, 9.17) is 17.0 Å². The number of rotatable bonds is 4. The van der Waals surface area contributed by atoms with Gasteiger partial charge < -0.3 is 15.0 Å². The predicted molar refractivity (Wildman–Crippen MR) is 109 cm³/mol. The molecule has 8 nitrogen and oxygen atoms in total. The smallest absolute Gasteiger partial charge is 0.267 e. The summed E-state index contributed by atoms with van der Waals surface area (Å²) in [5.74, 6) is 1.22. The third-order valence-corrected chi connectivity index (χ3v) is 4.32. The van der Waals surface area contributed by atoms with Crippen LogP contribution in [0, 0.1) is 4.77 Å². The van der Waals surface area contributed by atoms with Gasteiger partial charge in [0.15, 0.2) is 4.77 Å². The number of nitrogens with one attached hydrogen (secondary N) is 3. The van der Waals surface area contributed by atoms with Gasteiger partial charge in [-0.2, -0.15) is 0 Å². The van der Waals surface area contributed by atoms with Gasteiger partial charge in [-0.05, 0) is 48.6 Å². The highest BCUT2D eigenvalue weighted by Crippen LogP contribution is 2.20. The molecule has 2 aromatic carbocycles. The van der Waals surface area contributed by atoms with Crippen molar-refractivity contribution in [1.82, 2.24) is 19.5 Å². The highest BCUT2D eigenvalue weighted by molar-refractivity contribution is 7.71. The first-order valence-electron chi connectivity index (χ1n) is 8.32. The number of hydrogen-bond donors (Lipinski definition) is 3. The Labute approximate surface area is 163 Å². The van der Waals surface area contributed by atoms with Crippen LogP contribution in [0.25, 0.3) is 16.6 Å². The number of ether oxygens (including phenoxy) is 1. The second-order valence-corrected chi connectivity index (χ2v) is 6.33. The molecular weight excluding hydrogens is 378 g/mol. The van der Waals surface area contributed by atoms with Crippen molar-refractivity contribution >= 4 is 34.9 Å². The van der Waals surface area contributed by atoms with Gasteiger partial charge in [-0.25, -0.2) is 9.55 Å². The summed E-state index contributed by atoms with van der Waals surface area (Å²) < 4.78 is 6.78. The number of fused-ring (bicyclic) bond motifs is 1. The molecule has 9 heteroatoms. The van der Waals surface area contributed by atoms with Gasteiger partial charge >= 0.3 is 0 Å². The SMILES string of the molecule is COc1ccc(-n2c(Nc3cc(=O)[nH]c(=S)[nH]3)nc3ccccc3c2=O)cc1. The van der Waals surface area contributed by atoms with Gasteiger partial charge in [0.05, 0.1) is 23.7 Å². The molecule has 0 spiro atoms. The van der Waals surface area contributed by atoms with E-state index in [1.165, 1.54) is 10.6 Å². The molecule has 2 heterocycles. The van der Waals surface area contributed by atoms with Crippen molar-refractivity contribution in [3.63, 3.8) is 0 Å². The molecule has 0 radical (unpaired) electrons. The molecule has 0 fully saturated rings. The van der Waals surface area contributed by atoms with Crippen molar-refractivity contribution in [3.05, 3.63) is 80.1 Å². The fourth-order valence-electron chi connectivity index (χ4n) is 2.84. The van der Waals surface area contributed by atoms with Crippen LogP contribution < -0.4 is 21.2 Å². The summed E-state index contributed by atoms with van der Waals surface area (Å²) in [5, 5.41) is 3.47. The van der Waals surface area contributed by atoms with Gasteiger partial charge in [0.1, 0.15) is 11.6 Å². The average Bonchev–Trinajstić information content (AvgIpc) is 2.68. The maximum Gasteiger partial charge on any atom is 0.267 e. The second-order valence-electron chi connectivity index (χ2n) is 5.92. The number of benzene rings is 2. The molecule has 28 heavy (non-hydrogen) atoms. The Bertz CT molecular complexity index is 1310. The highest BCUT2D eigenvalue weighted by Gasteiger charge is 2.13. The fourth-order valence-corrected chi connectivity index (χ4v) is 3.05. The normalized spacial score (nSPS) is 10.8. The highest BCUT2D eigenvalue weighted by atomic mass is 32.1. The molecule has 0 amide bonds. The molecule has 0 saturated carbocycles. The first kappa shape index (κ1) is 17.7. The largest absolute Gasteiger partial charge is 0.497 e. The van der Waals surface area contributed by atoms with E-state index in [1.807, 2.05) is 0 Å². The molecular formula is C19H15N5O3S. The number of anilines is 2. The number of nitrogens with zero attached hydrogens (tertiary/aromatic N) is 2. The molecule has 2 aromatic heterocycles. The van der Waals surface area contributed by atoms with Crippen molar-refractivity contribution in [1.29, 1.82) is 0 Å². The molecule has 0 saturated heterocycles. The first-order chi connectivity index (χ1) is 13.5. The van der Waals surface area contributed by atoms with E-state index in [-0.39, 0.29) is 21.8 Å². The Morgan fingerprint density at radius 2 is 1.82 bits per heavy atom. The van der Waals surface area contributed by atoms with Crippen molar-refractivity contribution in [2.24, 2.45) is 0 Å². The molecule has 4 rings (SSSR count). The lowest BCUT2D eigenvalue weighted by Crippen LogP contribution is -2.23. The fraction of sp³-hybridized carbons (Fsp3) is 0.0526. The minimum Gasteiger partial charge on any atom is -0.497 e. The summed E-state index contributed by atoms with van der Waals surface area (Å²) in [6.45, 7) is 0. The number of aromatic amines is 2. The predicted octanol–water partition coefficient (Wildman–Crippen LogP) is 2.88. The molecule has 3 N–H and O–H groups in total. The molecule has 0 bridgehead atoms.